The lowest BCUT2D eigenvalue weighted by Gasteiger charge is -2.51. The van der Waals surface area contributed by atoms with Gasteiger partial charge in [-0.25, -0.2) is 0 Å². The van der Waals surface area contributed by atoms with Crippen molar-refractivity contribution in [2.45, 2.75) is 97.1 Å². The molecule has 3 aliphatic carbocycles. The van der Waals surface area contributed by atoms with Crippen molar-refractivity contribution in [1.29, 1.82) is 0 Å². The van der Waals surface area contributed by atoms with E-state index in [1.54, 1.807) is 20.8 Å². The summed E-state index contributed by atoms with van der Waals surface area (Å²) in [5.41, 5.74) is -2.54. The second-order valence-electron chi connectivity index (χ2n) is 12.4. The SMILES string of the molecule is CC(=O)OC(C)C(C)C(=O)O[C@@H]1[C@@H]2OC(=O)[C@]3(C)[C@H]1C[C@@]14C2=CO[C@@H](OC(=O)CC(C)(C)O)[C@@H]1C[C@@H](O)[C@@H]34. The van der Waals surface area contributed by atoms with Gasteiger partial charge in [0.15, 0.2) is 6.10 Å². The zero-order valence-corrected chi connectivity index (χ0v) is 22.5. The minimum absolute atomic E-state index is 0.234. The fourth-order valence-electron chi connectivity index (χ4n) is 7.81. The molecule has 11 heteroatoms. The largest absolute Gasteiger partial charge is 0.462 e. The van der Waals surface area contributed by atoms with Gasteiger partial charge in [-0.3, -0.25) is 19.2 Å². The number of aliphatic hydroxyl groups is 2. The van der Waals surface area contributed by atoms with Crippen molar-refractivity contribution in [2.75, 3.05) is 0 Å². The molecule has 0 radical (unpaired) electrons. The van der Waals surface area contributed by atoms with E-state index in [9.17, 15) is 29.4 Å². The van der Waals surface area contributed by atoms with Crippen LogP contribution in [-0.4, -0.2) is 70.4 Å². The Labute approximate surface area is 220 Å². The third kappa shape index (κ3) is 3.76. The Morgan fingerprint density at radius 3 is 2.53 bits per heavy atom. The summed E-state index contributed by atoms with van der Waals surface area (Å²) in [6, 6.07) is 0. The molecule has 4 fully saturated rings. The molecule has 11 nitrogen and oxygen atoms in total. The monoisotopic (exact) mass is 536 g/mol. The standard InChI is InChI=1S/C27H36O11/c1-11(12(2)35-13(3)28)22(31)37-19-15-8-27-14-7-17(29)21(27)26(15,6)24(32)38-20(19)16(27)10-34-23(14)36-18(30)9-25(4,5)33/h10-12,14-15,17,19-21,23,29,33H,7-9H2,1-6H3/t11?,12?,14-,15-,17+,19-,20+,21-,23-,26+,27-/m0/s1. The number of carbonyl (C=O) groups is 4. The van der Waals surface area contributed by atoms with Gasteiger partial charge in [0.25, 0.3) is 0 Å². The molecule has 1 spiro atoms. The Morgan fingerprint density at radius 2 is 1.89 bits per heavy atom. The van der Waals surface area contributed by atoms with Crippen molar-refractivity contribution < 1.29 is 53.1 Å². The maximum atomic E-state index is 13.4. The highest BCUT2D eigenvalue weighted by Gasteiger charge is 2.82. The van der Waals surface area contributed by atoms with Gasteiger partial charge in [-0.2, -0.15) is 0 Å². The van der Waals surface area contributed by atoms with Crippen LogP contribution in [0.1, 0.15) is 60.8 Å². The van der Waals surface area contributed by atoms with Crippen LogP contribution in [0.2, 0.25) is 0 Å². The molecule has 1 saturated heterocycles. The Morgan fingerprint density at radius 1 is 1.21 bits per heavy atom. The number of carbonyl (C=O) groups excluding carboxylic acids is 4. The number of fused-ring (bicyclic) bond motifs is 3. The summed E-state index contributed by atoms with van der Waals surface area (Å²) in [5.74, 6) is -4.40. The van der Waals surface area contributed by atoms with E-state index in [-0.39, 0.29) is 12.8 Å². The third-order valence-corrected chi connectivity index (χ3v) is 9.45. The number of hydrogen-bond donors (Lipinski definition) is 2. The van der Waals surface area contributed by atoms with E-state index < -0.39 is 94.7 Å². The molecule has 38 heavy (non-hydrogen) atoms. The highest BCUT2D eigenvalue weighted by Crippen LogP contribution is 2.77. The summed E-state index contributed by atoms with van der Waals surface area (Å²) in [5, 5.41) is 21.3. The summed E-state index contributed by atoms with van der Waals surface area (Å²) < 4.78 is 28.5. The minimum Gasteiger partial charge on any atom is -0.462 e. The van der Waals surface area contributed by atoms with E-state index in [1.165, 1.54) is 27.0 Å². The predicted molar refractivity (Wildman–Crippen MR) is 126 cm³/mol. The fourth-order valence-corrected chi connectivity index (χ4v) is 7.81. The molecule has 11 atom stereocenters. The smallest absolute Gasteiger partial charge is 0.313 e. The first-order valence-corrected chi connectivity index (χ1v) is 13.2. The molecule has 2 aliphatic heterocycles. The van der Waals surface area contributed by atoms with E-state index in [0.29, 0.717) is 12.0 Å². The summed E-state index contributed by atoms with van der Waals surface area (Å²) in [6.45, 7) is 9.22. The zero-order valence-electron chi connectivity index (χ0n) is 22.5. The summed E-state index contributed by atoms with van der Waals surface area (Å²) >= 11 is 0. The maximum Gasteiger partial charge on any atom is 0.313 e. The number of hydrogen-bond acceptors (Lipinski definition) is 11. The van der Waals surface area contributed by atoms with E-state index in [1.807, 2.05) is 0 Å². The van der Waals surface area contributed by atoms with Crippen molar-refractivity contribution in [1.82, 2.24) is 0 Å². The molecule has 210 valence electrons. The molecule has 3 bridgehead atoms. The first kappa shape index (κ1) is 26.9. The predicted octanol–water partition coefficient (Wildman–Crippen LogP) is 1.38. The second kappa shape index (κ2) is 8.67. The lowest BCUT2D eigenvalue weighted by molar-refractivity contribution is -0.215. The molecule has 0 aromatic rings. The molecular weight excluding hydrogens is 500 g/mol. The third-order valence-electron chi connectivity index (χ3n) is 9.45. The number of esters is 4. The molecule has 0 aromatic heterocycles. The molecule has 3 saturated carbocycles. The molecule has 2 N–H and O–H groups in total. The van der Waals surface area contributed by atoms with Crippen LogP contribution in [0.5, 0.6) is 0 Å². The van der Waals surface area contributed by atoms with Gasteiger partial charge in [0.05, 0.1) is 35.7 Å². The molecule has 5 aliphatic rings. The Hall–Kier alpha value is -2.66. The first-order valence-electron chi connectivity index (χ1n) is 13.2. The van der Waals surface area contributed by atoms with Crippen molar-refractivity contribution >= 4 is 23.9 Å². The minimum atomic E-state index is -1.26. The van der Waals surface area contributed by atoms with Crippen molar-refractivity contribution in [3.8, 4) is 0 Å². The highest BCUT2D eigenvalue weighted by atomic mass is 16.7. The van der Waals surface area contributed by atoms with Gasteiger partial charge in [0.2, 0.25) is 6.29 Å². The van der Waals surface area contributed by atoms with Crippen LogP contribution in [-0.2, 0) is 42.9 Å². The molecule has 2 heterocycles. The highest BCUT2D eigenvalue weighted by molar-refractivity contribution is 5.82. The summed E-state index contributed by atoms with van der Waals surface area (Å²) in [6.07, 6.45) is -2.48. The van der Waals surface area contributed by atoms with Gasteiger partial charge in [0.1, 0.15) is 12.2 Å². The summed E-state index contributed by atoms with van der Waals surface area (Å²) in [7, 11) is 0. The lowest BCUT2D eigenvalue weighted by Crippen LogP contribution is -2.59. The second-order valence-corrected chi connectivity index (χ2v) is 12.4. The van der Waals surface area contributed by atoms with E-state index in [2.05, 4.69) is 0 Å². The first-order chi connectivity index (χ1) is 17.6. The fraction of sp³-hybridized carbons (Fsp3) is 0.778. The average Bonchev–Trinajstić information content (AvgIpc) is 3.19. The number of aliphatic hydroxyl groups excluding tert-OH is 1. The Kier molecular flexibility index (Phi) is 6.15. The van der Waals surface area contributed by atoms with Crippen LogP contribution in [0, 0.1) is 34.5 Å². The normalized spacial score (nSPS) is 41.7. The van der Waals surface area contributed by atoms with Gasteiger partial charge in [-0.1, -0.05) is 0 Å². The van der Waals surface area contributed by atoms with Gasteiger partial charge in [0, 0.05) is 35.7 Å². The van der Waals surface area contributed by atoms with E-state index in [4.69, 9.17) is 23.7 Å². The molecule has 0 aromatic carbocycles. The van der Waals surface area contributed by atoms with Gasteiger partial charge in [-0.05, 0) is 47.5 Å². The van der Waals surface area contributed by atoms with E-state index >= 15 is 0 Å². The lowest BCUT2D eigenvalue weighted by atomic mass is 9.61. The van der Waals surface area contributed by atoms with Crippen molar-refractivity contribution in [3.05, 3.63) is 11.8 Å². The molecule has 5 rings (SSSR count). The van der Waals surface area contributed by atoms with E-state index in [0.717, 1.165) is 0 Å². The van der Waals surface area contributed by atoms with Crippen LogP contribution in [0.4, 0.5) is 0 Å². The van der Waals surface area contributed by atoms with Crippen LogP contribution in [0.25, 0.3) is 0 Å². The maximum absolute atomic E-state index is 13.4. The van der Waals surface area contributed by atoms with Gasteiger partial charge in [-0.15, -0.1) is 0 Å². The van der Waals surface area contributed by atoms with Crippen LogP contribution in [0.15, 0.2) is 11.8 Å². The Bertz CT molecular complexity index is 1090. The molecular formula is C27H36O11. The average molecular weight is 537 g/mol. The van der Waals surface area contributed by atoms with Gasteiger partial charge < -0.3 is 33.9 Å². The molecule has 2 unspecified atom stereocenters. The number of ether oxygens (including phenoxy) is 5. The van der Waals surface area contributed by atoms with Crippen LogP contribution < -0.4 is 0 Å². The molecule has 0 amide bonds. The Balaban J connectivity index is 1.47. The summed E-state index contributed by atoms with van der Waals surface area (Å²) in [4.78, 5) is 50.4. The van der Waals surface area contributed by atoms with Crippen molar-refractivity contribution in [2.24, 2.45) is 34.5 Å². The topological polar surface area (TPSA) is 155 Å². The van der Waals surface area contributed by atoms with Crippen molar-refractivity contribution in [3.63, 3.8) is 0 Å². The van der Waals surface area contributed by atoms with Crippen LogP contribution in [0.3, 0.4) is 0 Å². The quantitative estimate of drug-likeness (QED) is 0.358. The number of rotatable bonds is 7. The zero-order chi connectivity index (χ0) is 27.9. The van der Waals surface area contributed by atoms with Crippen LogP contribution >= 0.6 is 0 Å². The van der Waals surface area contributed by atoms with Gasteiger partial charge >= 0.3 is 23.9 Å².